The van der Waals surface area contributed by atoms with Crippen molar-refractivity contribution in [1.82, 2.24) is 0 Å². The van der Waals surface area contributed by atoms with Crippen LogP contribution >= 0.6 is 22.6 Å². The third-order valence-electron chi connectivity index (χ3n) is 2.47. The number of halogens is 1. The Balaban J connectivity index is 2.19. The minimum absolute atomic E-state index is 0.759. The fourth-order valence-electron chi connectivity index (χ4n) is 1.86. The van der Waals surface area contributed by atoms with Crippen LogP contribution in [0.5, 0.6) is 0 Å². The highest BCUT2D eigenvalue weighted by atomic mass is 127. The van der Waals surface area contributed by atoms with Gasteiger partial charge >= 0.3 is 0 Å². The summed E-state index contributed by atoms with van der Waals surface area (Å²) in [6.45, 7) is 0. The summed E-state index contributed by atoms with van der Waals surface area (Å²) in [4.78, 5) is 0. The Bertz CT molecular complexity index is 181. The van der Waals surface area contributed by atoms with Gasteiger partial charge < -0.3 is 0 Å². The molecular weight excluding hydrogens is 235 g/mol. The molecule has 10 heavy (non-hydrogen) atoms. The number of allylic oxidation sites excluding steroid dienone is 4. The molecule has 0 aromatic carbocycles. The molecule has 2 aliphatic rings. The van der Waals surface area contributed by atoms with E-state index in [0.29, 0.717) is 0 Å². The fraction of sp³-hybridized carbons (Fsp3) is 0.556. The molecule has 0 nitrogen and oxygen atoms in total. The van der Waals surface area contributed by atoms with E-state index in [1.165, 1.54) is 12.8 Å². The molecule has 0 amide bonds. The lowest BCUT2D eigenvalue weighted by Gasteiger charge is -2.24. The number of alkyl halides is 1. The molecule has 3 unspecified atom stereocenters. The van der Waals surface area contributed by atoms with Gasteiger partial charge in [0.15, 0.2) is 0 Å². The van der Waals surface area contributed by atoms with Crippen LogP contribution in [0.4, 0.5) is 0 Å². The predicted octanol–water partition coefficient (Wildman–Crippen LogP) is 2.94. The fourth-order valence-corrected chi connectivity index (χ4v) is 2.98. The van der Waals surface area contributed by atoms with Crippen molar-refractivity contribution in [2.75, 3.05) is 0 Å². The Morgan fingerprint density at radius 3 is 2.50 bits per heavy atom. The van der Waals surface area contributed by atoms with Gasteiger partial charge in [0.2, 0.25) is 0 Å². The Labute approximate surface area is 75.5 Å². The van der Waals surface area contributed by atoms with Gasteiger partial charge in [-0.15, -0.1) is 0 Å². The first-order chi connectivity index (χ1) is 4.88. The highest BCUT2D eigenvalue weighted by Gasteiger charge is 2.28. The number of hydrogen-bond donors (Lipinski definition) is 0. The molecule has 0 aromatic heterocycles. The van der Waals surface area contributed by atoms with Crippen LogP contribution < -0.4 is 0 Å². The molecule has 0 saturated heterocycles. The van der Waals surface area contributed by atoms with Crippen molar-refractivity contribution in [1.29, 1.82) is 0 Å². The van der Waals surface area contributed by atoms with Crippen LogP contribution in [0.2, 0.25) is 0 Å². The van der Waals surface area contributed by atoms with E-state index in [9.17, 15) is 0 Å². The topological polar surface area (TPSA) is 0 Å². The van der Waals surface area contributed by atoms with Crippen LogP contribution in [0.25, 0.3) is 0 Å². The molecule has 0 aromatic rings. The summed E-state index contributed by atoms with van der Waals surface area (Å²) >= 11 is 2.54. The molecule has 0 heterocycles. The van der Waals surface area contributed by atoms with Crippen molar-refractivity contribution in [3.63, 3.8) is 0 Å². The lowest BCUT2D eigenvalue weighted by atomic mass is 9.86. The van der Waals surface area contributed by atoms with Gasteiger partial charge in [0.05, 0.1) is 0 Å². The van der Waals surface area contributed by atoms with E-state index < -0.39 is 0 Å². The number of fused-ring (bicyclic) bond motifs is 1. The number of rotatable bonds is 0. The lowest BCUT2D eigenvalue weighted by molar-refractivity contribution is 0.429. The maximum Gasteiger partial charge on any atom is 0.0355 e. The summed E-state index contributed by atoms with van der Waals surface area (Å²) < 4.78 is 0.759. The van der Waals surface area contributed by atoms with Gasteiger partial charge in [-0.25, -0.2) is 0 Å². The van der Waals surface area contributed by atoms with Gasteiger partial charge in [0.1, 0.15) is 0 Å². The smallest absolute Gasteiger partial charge is 0.0355 e. The summed E-state index contributed by atoms with van der Waals surface area (Å²) in [6.07, 6.45) is 12.0. The third-order valence-corrected chi connectivity index (χ3v) is 3.71. The van der Waals surface area contributed by atoms with Crippen LogP contribution in [0, 0.1) is 11.8 Å². The van der Waals surface area contributed by atoms with Crippen molar-refractivity contribution in [2.24, 2.45) is 11.8 Å². The Morgan fingerprint density at radius 1 is 1.10 bits per heavy atom. The van der Waals surface area contributed by atoms with E-state index in [4.69, 9.17) is 0 Å². The van der Waals surface area contributed by atoms with Gasteiger partial charge in [-0.2, -0.15) is 0 Å². The average molecular weight is 246 g/mol. The zero-order chi connectivity index (χ0) is 6.97. The van der Waals surface area contributed by atoms with Crippen LogP contribution in [-0.4, -0.2) is 3.92 Å². The van der Waals surface area contributed by atoms with Gasteiger partial charge in [0, 0.05) is 3.92 Å². The first-order valence-electron chi connectivity index (χ1n) is 3.85. The summed E-state index contributed by atoms with van der Waals surface area (Å²) in [5.74, 6) is 1.79. The van der Waals surface area contributed by atoms with Crippen LogP contribution in [0.3, 0.4) is 0 Å². The van der Waals surface area contributed by atoms with E-state index in [0.717, 1.165) is 15.8 Å². The SMILES string of the molecule is IC1C=CCC2CC=CC12. The molecule has 0 N–H and O–H groups in total. The normalized spacial score (nSPS) is 43.9. The van der Waals surface area contributed by atoms with E-state index in [1.807, 2.05) is 0 Å². The standard InChI is InChI=1S/C9H11I/c10-9-6-2-4-7-3-1-5-8(7)9/h1-2,5-9H,3-4H2. The zero-order valence-corrected chi connectivity index (χ0v) is 7.99. The molecule has 1 heteroatoms. The maximum atomic E-state index is 2.54. The zero-order valence-electron chi connectivity index (χ0n) is 5.83. The molecule has 0 bridgehead atoms. The summed E-state index contributed by atoms with van der Waals surface area (Å²) in [5.41, 5.74) is 0. The highest BCUT2D eigenvalue weighted by Crippen LogP contribution is 2.37. The minimum atomic E-state index is 0.759. The molecule has 2 aliphatic carbocycles. The van der Waals surface area contributed by atoms with Crippen molar-refractivity contribution in [2.45, 2.75) is 16.8 Å². The summed E-state index contributed by atoms with van der Waals surface area (Å²) in [7, 11) is 0. The largest absolute Gasteiger partial charge is 0.0879 e. The molecule has 0 saturated carbocycles. The van der Waals surface area contributed by atoms with Gasteiger partial charge in [-0.05, 0) is 24.7 Å². The Kier molecular flexibility index (Phi) is 1.85. The molecule has 0 fully saturated rings. The van der Waals surface area contributed by atoms with Crippen molar-refractivity contribution in [3.8, 4) is 0 Å². The summed E-state index contributed by atoms with van der Waals surface area (Å²) in [5, 5.41) is 0. The highest BCUT2D eigenvalue weighted by molar-refractivity contribution is 14.1. The van der Waals surface area contributed by atoms with Crippen molar-refractivity contribution < 1.29 is 0 Å². The second kappa shape index (κ2) is 2.68. The molecule has 0 radical (unpaired) electrons. The first kappa shape index (κ1) is 6.89. The monoisotopic (exact) mass is 246 g/mol. The Morgan fingerprint density at radius 2 is 1.80 bits per heavy atom. The molecule has 0 aliphatic heterocycles. The van der Waals surface area contributed by atoms with E-state index in [1.54, 1.807) is 0 Å². The third kappa shape index (κ3) is 1.04. The first-order valence-corrected chi connectivity index (χ1v) is 5.10. The van der Waals surface area contributed by atoms with E-state index in [2.05, 4.69) is 46.9 Å². The molecule has 0 spiro atoms. The quantitative estimate of drug-likeness (QED) is 0.350. The van der Waals surface area contributed by atoms with Gasteiger partial charge in [-0.3, -0.25) is 0 Å². The Hall–Kier alpha value is 0.210. The van der Waals surface area contributed by atoms with Gasteiger partial charge in [-0.1, -0.05) is 46.9 Å². The summed E-state index contributed by atoms with van der Waals surface area (Å²) in [6, 6.07) is 0. The lowest BCUT2D eigenvalue weighted by Crippen LogP contribution is -2.19. The van der Waals surface area contributed by atoms with Crippen LogP contribution in [-0.2, 0) is 0 Å². The van der Waals surface area contributed by atoms with Crippen LogP contribution in [0.15, 0.2) is 24.3 Å². The van der Waals surface area contributed by atoms with E-state index >= 15 is 0 Å². The average Bonchev–Trinajstić information content (AvgIpc) is 2.36. The molecule has 3 atom stereocenters. The van der Waals surface area contributed by atoms with Gasteiger partial charge in [0.25, 0.3) is 0 Å². The van der Waals surface area contributed by atoms with Crippen molar-refractivity contribution in [3.05, 3.63) is 24.3 Å². The predicted molar refractivity (Wildman–Crippen MR) is 52.3 cm³/mol. The second-order valence-electron chi connectivity index (χ2n) is 3.11. The van der Waals surface area contributed by atoms with Crippen molar-refractivity contribution >= 4 is 22.6 Å². The maximum absolute atomic E-state index is 2.54. The molecule has 2 rings (SSSR count). The minimum Gasteiger partial charge on any atom is -0.0879 e. The van der Waals surface area contributed by atoms with Crippen LogP contribution in [0.1, 0.15) is 12.8 Å². The second-order valence-corrected chi connectivity index (χ2v) is 4.55. The van der Waals surface area contributed by atoms with E-state index in [-0.39, 0.29) is 0 Å². The molecular formula is C9H11I. The number of hydrogen-bond acceptors (Lipinski definition) is 0. The molecule has 54 valence electrons.